The monoisotopic (exact) mass is 244 g/mol. The van der Waals surface area contributed by atoms with Crippen molar-refractivity contribution in [1.29, 1.82) is 5.26 Å². The van der Waals surface area contributed by atoms with Crippen molar-refractivity contribution in [3.05, 3.63) is 0 Å². The van der Waals surface area contributed by atoms with E-state index in [1.807, 2.05) is 4.90 Å². The molecular formula is C9H13BrN2O. The van der Waals surface area contributed by atoms with Crippen LogP contribution in [0, 0.1) is 11.3 Å². The van der Waals surface area contributed by atoms with Gasteiger partial charge in [-0.15, -0.1) is 0 Å². The van der Waals surface area contributed by atoms with Gasteiger partial charge in [0.05, 0.1) is 6.07 Å². The second-order valence-electron chi connectivity index (χ2n) is 3.26. The van der Waals surface area contributed by atoms with Crippen molar-refractivity contribution in [2.24, 2.45) is 0 Å². The molecule has 72 valence electrons. The van der Waals surface area contributed by atoms with E-state index in [0.717, 1.165) is 25.9 Å². The number of carbonyl (C=O) groups excluding carboxylic acids is 1. The smallest absolute Gasteiger partial charge is 0.223 e. The zero-order valence-electron chi connectivity index (χ0n) is 7.50. The topological polar surface area (TPSA) is 44.1 Å². The fourth-order valence-electron chi connectivity index (χ4n) is 1.45. The molecule has 0 N–H and O–H groups in total. The molecule has 1 amide bonds. The van der Waals surface area contributed by atoms with Crippen LogP contribution in [-0.4, -0.2) is 28.7 Å². The van der Waals surface area contributed by atoms with E-state index in [0.29, 0.717) is 17.7 Å². The standard InChI is InChI=1S/C9H13BrN2O/c10-8-6-9(13)12(7-8)5-3-1-2-4-11/h8H,1-3,5-7H2. The highest BCUT2D eigenvalue weighted by Crippen LogP contribution is 2.18. The summed E-state index contributed by atoms with van der Waals surface area (Å²) in [6.07, 6.45) is 3.06. The molecule has 1 heterocycles. The van der Waals surface area contributed by atoms with Gasteiger partial charge in [-0.2, -0.15) is 5.26 Å². The number of unbranched alkanes of at least 4 members (excludes halogenated alkanes) is 2. The number of hydrogen-bond acceptors (Lipinski definition) is 2. The summed E-state index contributed by atoms with van der Waals surface area (Å²) >= 11 is 3.43. The number of amides is 1. The minimum absolute atomic E-state index is 0.235. The first kappa shape index (κ1) is 10.5. The third-order valence-electron chi connectivity index (χ3n) is 2.13. The lowest BCUT2D eigenvalue weighted by atomic mass is 10.2. The third-order valence-corrected chi connectivity index (χ3v) is 2.75. The van der Waals surface area contributed by atoms with Gasteiger partial charge in [-0.3, -0.25) is 4.79 Å². The average molecular weight is 245 g/mol. The van der Waals surface area contributed by atoms with Crippen LogP contribution in [0.15, 0.2) is 0 Å². The molecular weight excluding hydrogens is 232 g/mol. The molecule has 1 unspecified atom stereocenters. The zero-order chi connectivity index (χ0) is 9.68. The highest BCUT2D eigenvalue weighted by atomic mass is 79.9. The van der Waals surface area contributed by atoms with Crippen molar-refractivity contribution in [2.75, 3.05) is 13.1 Å². The Balaban J connectivity index is 2.15. The number of halogens is 1. The summed E-state index contributed by atoms with van der Waals surface area (Å²) in [6, 6.07) is 2.10. The summed E-state index contributed by atoms with van der Waals surface area (Å²) in [6.45, 7) is 1.63. The number of carbonyl (C=O) groups is 1. The van der Waals surface area contributed by atoms with Gasteiger partial charge in [0, 0.05) is 30.8 Å². The van der Waals surface area contributed by atoms with E-state index in [9.17, 15) is 4.79 Å². The Hall–Kier alpha value is -0.560. The molecule has 0 spiro atoms. The van der Waals surface area contributed by atoms with E-state index >= 15 is 0 Å². The van der Waals surface area contributed by atoms with Gasteiger partial charge < -0.3 is 4.90 Å². The SMILES string of the molecule is N#CCCCCN1CC(Br)CC1=O. The van der Waals surface area contributed by atoms with Crippen molar-refractivity contribution in [2.45, 2.75) is 30.5 Å². The Morgan fingerprint density at radius 2 is 2.38 bits per heavy atom. The molecule has 3 nitrogen and oxygen atoms in total. The molecule has 0 radical (unpaired) electrons. The Morgan fingerprint density at radius 1 is 1.62 bits per heavy atom. The van der Waals surface area contributed by atoms with Crippen LogP contribution in [0.5, 0.6) is 0 Å². The predicted octanol–water partition coefficient (Wildman–Crippen LogP) is 1.68. The normalized spacial score (nSPS) is 22.0. The van der Waals surface area contributed by atoms with Crippen molar-refractivity contribution in [3.8, 4) is 6.07 Å². The number of nitriles is 1. The van der Waals surface area contributed by atoms with Crippen LogP contribution >= 0.6 is 15.9 Å². The Labute approximate surface area is 86.8 Å². The second-order valence-corrected chi connectivity index (χ2v) is 4.55. The summed E-state index contributed by atoms with van der Waals surface area (Å²) in [4.78, 5) is 13.5. The maximum atomic E-state index is 11.3. The minimum atomic E-state index is 0.235. The van der Waals surface area contributed by atoms with Gasteiger partial charge in [-0.1, -0.05) is 15.9 Å². The van der Waals surface area contributed by atoms with Crippen molar-refractivity contribution >= 4 is 21.8 Å². The number of nitrogens with zero attached hydrogens (tertiary/aromatic N) is 2. The van der Waals surface area contributed by atoms with Gasteiger partial charge in [0.25, 0.3) is 0 Å². The van der Waals surface area contributed by atoms with Crippen molar-refractivity contribution < 1.29 is 4.79 Å². The van der Waals surface area contributed by atoms with Crippen LogP contribution in [0.3, 0.4) is 0 Å². The van der Waals surface area contributed by atoms with Crippen LogP contribution in [-0.2, 0) is 4.79 Å². The van der Waals surface area contributed by atoms with E-state index in [4.69, 9.17) is 5.26 Å². The van der Waals surface area contributed by atoms with E-state index < -0.39 is 0 Å². The first-order chi connectivity index (χ1) is 6.24. The first-order valence-electron chi connectivity index (χ1n) is 4.53. The second kappa shape index (κ2) is 5.23. The summed E-state index contributed by atoms with van der Waals surface area (Å²) in [7, 11) is 0. The predicted molar refractivity (Wildman–Crippen MR) is 53.4 cm³/mol. The maximum Gasteiger partial charge on any atom is 0.223 e. The van der Waals surface area contributed by atoms with Crippen LogP contribution in [0.2, 0.25) is 0 Å². The molecule has 0 aromatic carbocycles. The van der Waals surface area contributed by atoms with Gasteiger partial charge in [0.2, 0.25) is 5.91 Å². The lowest BCUT2D eigenvalue weighted by Gasteiger charge is -2.14. The molecule has 0 bridgehead atoms. The van der Waals surface area contributed by atoms with E-state index in [-0.39, 0.29) is 5.91 Å². The molecule has 1 rings (SSSR count). The molecule has 0 aromatic heterocycles. The summed E-state index contributed by atoms with van der Waals surface area (Å²) in [5, 5.41) is 8.31. The number of likely N-dealkylation sites (tertiary alicyclic amines) is 1. The van der Waals surface area contributed by atoms with Crippen LogP contribution in [0.4, 0.5) is 0 Å². The Morgan fingerprint density at radius 3 is 2.92 bits per heavy atom. The zero-order valence-corrected chi connectivity index (χ0v) is 9.09. The molecule has 1 aliphatic heterocycles. The molecule has 1 fully saturated rings. The first-order valence-corrected chi connectivity index (χ1v) is 5.44. The molecule has 0 aromatic rings. The van der Waals surface area contributed by atoms with Crippen LogP contribution in [0.1, 0.15) is 25.7 Å². The van der Waals surface area contributed by atoms with E-state index in [1.165, 1.54) is 0 Å². The van der Waals surface area contributed by atoms with E-state index in [1.54, 1.807) is 0 Å². The highest BCUT2D eigenvalue weighted by Gasteiger charge is 2.26. The number of rotatable bonds is 4. The van der Waals surface area contributed by atoms with Crippen LogP contribution in [0.25, 0.3) is 0 Å². The van der Waals surface area contributed by atoms with Crippen molar-refractivity contribution in [3.63, 3.8) is 0 Å². The molecule has 4 heteroatoms. The molecule has 1 saturated heterocycles. The highest BCUT2D eigenvalue weighted by molar-refractivity contribution is 9.09. The van der Waals surface area contributed by atoms with Crippen molar-refractivity contribution in [1.82, 2.24) is 4.90 Å². The number of alkyl halides is 1. The lowest BCUT2D eigenvalue weighted by molar-refractivity contribution is -0.127. The minimum Gasteiger partial charge on any atom is -0.342 e. The quantitative estimate of drug-likeness (QED) is 0.558. The molecule has 13 heavy (non-hydrogen) atoms. The lowest BCUT2D eigenvalue weighted by Crippen LogP contribution is -2.26. The van der Waals surface area contributed by atoms with Gasteiger partial charge in [-0.25, -0.2) is 0 Å². The Kier molecular flexibility index (Phi) is 4.23. The molecule has 0 saturated carbocycles. The molecule has 1 aliphatic rings. The fourth-order valence-corrected chi connectivity index (χ4v) is 2.07. The van der Waals surface area contributed by atoms with Gasteiger partial charge in [0.15, 0.2) is 0 Å². The van der Waals surface area contributed by atoms with E-state index in [2.05, 4.69) is 22.0 Å². The average Bonchev–Trinajstić information content (AvgIpc) is 2.39. The summed E-state index contributed by atoms with van der Waals surface area (Å²) in [5.74, 6) is 0.235. The molecule has 1 atom stereocenters. The summed E-state index contributed by atoms with van der Waals surface area (Å²) < 4.78 is 0. The van der Waals surface area contributed by atoms with Crippen LogP contribution < -0.4 is 0 Å². The van der Waals surface area contributed by atoms with Gasteiger partial charge in [-0.05, 0) is 12.8 Å². The fraction of sp³-hybridized carbons (Fsp3) is 0.778. The van der Waals surface area contributed by atoms with Gasteiger partial charge in [0.1, 0.15) is 0 Å². The maximum absolute atomic E-state index is 11.3. The van der Waals surface area contributed by atoms with Gasteiger partial charge >= 0.3 is 0 Å². The Bertz CT molecular complexity index is 224. The third kappa shape index (κ3) is 3.35. The number of hydrogen-bond donors (Lipinski definition) is 0. The molecule has 0 aliphatic carbocycles. The largest absolute Gasteiger partial charge is 0.342 e. The summed E-state index contributed by atoms with van der Waals surface area (Å²) in [5.41, 5.74) is 0.